The van der Waals surface area contributed by atoms with Crippen molar-refractivity contribution in [3.05, 3.63) is 134 Å². The molecule has 0 saturated heterocycles. The van der Waals surface area contributed by atoms with E-state index in [0.717, 1.165) is 44.6 Å². The molecule has 0 atom stereocenters. The molecule has 0 N–H and O–H groups in total. The largest absolute Gasteiger partial charge is 2.00 e. The number of ether oxygens (including phenoxy) is 1. The average Bonchev–Trinajstić information content (AvgIpc) is 3.61. The summed E-state index contributed by atoms with van der Waals surface area (Å²) in [5.41, 5.74) is 4.35. The molecular weight excluding hydrogens is 740 g/mol. The number of para-hydroxylation sites is 1. The first kappa shape index (κ1) is 27.2. The minimum absolute atomic E-state index is 0. The summed E-state index contributed by atoms with van der Waals surface area (Å²) in [4.78, 5) is 4.94. The third-order valence-corrected chi connectivity index (χ3v) is 6.15. The van der Waals surface area contributed by atoms with Crippen LogP contribution >= 0.6 is 0 Å². The molecule has 3 heterocycles. The summed E-state index contributed by atoms with van der Waals surface area (Å²) < 4.78 is 10.1. The van der Waals surface area contributed by atoms with E-state index in [1.807, 2.05) is 85.1 Å². The summed E-state index contributed by atoms with van der Waals surface area (Å²) in [6, 6.07) is 44.8. The number of hydrogen-bond donors (Lipinski definition) is 0. The van der Waals surface area contributed by atoms with Gasteiger partial charge in [-0.15, -0.1) is 53.5 Å². The first-order valence-electron chi connectivity index (χ1n) is 11.9. The summed E-state index contributed by atoms with van der Waals surface area (Å²) in [6.07, 6.45) is 3.61. The maximum Gasteiger partial charge on any atom is 2.00 e. The minimum atomic E-state index is 0. The van der Waals surface area contributed by atoms with Crippen molar-refractivity contribution in [2.75, 3.05) is 0 Å². The molecule has 3 aromatic heterocycles. The molecule has 5 nitrogen and oxygen atoms in total. The van der Waals surface area contributed by atoms with Gasteiger partial charge in [0.05, 0.1) is 5.82 Å². The van der Waals surface area contributed by atoms with Crippen molar-refractivity contribution in [2.24, 2.45) is 0 Å². The summed E-state index contributed by atoms with van der Waals surface area (Å²) in [5.74, 6) is 1.95. The van der Waals surface area contributed by atoms with Gasteiger partial charge in [-0.05, 0) is 23.2 Å². The molecule has 7 aromatic rings. The van der Waals surface area contributed by atoms with E-state index in [9.17, 15) is 0 Å². The van der Waals surface area contributed by atoms with Gasteiger partial charge in [0.1, 0.15) is 0 Å². The first-order valence-corrected chi connectivity index (χ1v) is 11.9. The number of fused-ring (bicyclic) bond motifs is 3. The molecule has 39 heavy (non-hydrogen) atoms. The molecule has 0 aliphatic carbocycles. The van der Waals surface area contributed by atoms with Gasteiger partial charge in [0.15, 0.2) is 0 Å². The minimum Gasteiger partial charge on any atom is -0.509 e. The van der Waals surface area contributed by atoms with Gasteiger partial charge < -0.3 is 14.3 Å². The Balaban J connectivity index is 0.00000154. The van der Waals surface area contributed by atoms with E-state index in [4.69, 9.17) is 9.72 Å². The molecule has 1 radical (unpaired) electrons. The first-order chi connectivity index (χ1) is 18.3. The quantitative estimate of drug-likeness (QED) is 0.178. The molecular formula is C32H18N4OPtY-2. The van der Waals surface area contributed by atoms with Crippen LogP contribution in [0.3, 0.4) is 0 Å². The van der Waals surface area contributed by atoms with Gasteiger partial charge in [0, 0.05) is 62.1 Å². The van der Waals surface area contributed by atoms with Crippen molar-refractivity contribution < 1.29 is 58.5 Å². The van der Waals surface area contributed by atoms with Crippen molar-refractivity contribution in [1.82, 2.24) is 19.3 Å². The second kappa shape index (κ2) is 11.8. The summed E-state index contributed by atoms with van der Waals surface area (Å²) in [7, 11) is 0. The maximum absolute atomic E-state index is 6.21. The molecule has 0 saturated carbocycles. The fraction of sp³-hybridized carbons (Fsp3) is 0. The monoisotopic (exact) mass is 758 g/mol. The molecule has 0 amide bonds. The maximum atomic E-state index is 6.21. The normalized spacial score (nSPS) is 10.7. The Labute approximate surface area is 265 Å². The van der Waals surface area contributed by atoms with Crippen molar-refractivity contribution in [1.29, 1.82) is 0 Å². The number of hydrogen-bond acceptors (Lipinski definition) is 3. The number of benzene rings is 4. The van der Waals surface area contributed by atoms with Crippen LogP contribution < -0.4 is 4.74 Å². The van der Waals surface area contributed by atoms with Crippen LogP contribution in [-0.2, 0) is 53.8 Å². The predicted molar refractivity (Wildman–Crippen MR) is 143 cm³/mol. The van der Waals surface area contributed by atoms with E-state index in [1.54, 1.807) is 10.9 Å². The van der Waals surface area contributed by atoms with E-state index < -0.39 is 0 Å². The Morgan fingerprint density at radius 2 is 1.59 bits per heavy atom. The van der Waals surface area contributed by atoms with Crippen LogP contribution in [0.1, 0.15) is 0 Å². The summed E-state index contributed by atoms with van der Waals surface area (Å²) in [5, 5.41) is 6.47. The van der Waals surface area contributed by atoms with E-state index in [0.29, 0.717) is 11.5 Å². The van der Waals surface area contributed by atoms with Crippen LogP contribution in [0.4, 0.5) is 0 Å². The fourth-order valence-corrected chi connectivity index (χ4v) is 4.51. The molecule has 7 rings (SSSR count). The van der Waals surface area contributed by atoms with Crippen LogP contribution in [0.25, 0.3) is 44.6 Å². The zero-order chi connectivity index (χ0) is 24.6. The number of rotatable bonds is 5. The van der Waals surface area contributed by atoms with Crippen LogP contribution in [0.5, 0.6) is 11.5 Å². The third kappa shape index (κ3) is 5.27. The van der Waals surface area contributed by atoms with Gasteiger partial charge in [-0.1, -0.05) is 23.7 Å². The zero-order valence-corrected chi connectivity index (χ0v) is 25.6. The number of pyridine rings is 1. The SMILES string of the molecule is [Pt+2].[Y].[c-]1ccccc1-c1[c-]ccc(-n2c3[c-]c(Oc4[c-]c(-n5cccn5)ccc4)ccc3c3ccccc32)n1. The molecule has 0 aliphatic rings. The van der Waals surface area contributed by atoms with Gasteiger partial charge in [-0.3, -0.25) is 4.68 Å². The number of aromatic nitrogens is 4. The summed E-state index contributed by atoms with van der Waals surface area (Å²) in [6.45, 7) is 0. The van der Waals surface area contributed by atoms with Crippen LogP contribution in [-0.4, -0.2) is 19.3 Å². The second-order valence-electron chi connectivity index (χ2n) is 8.46. The van der Waals surface area contributed by atoms with E-state index in [2.05, 4.69) is 52.1 Å². The average molecular weight is 759 g/mol. The van der Waals surface area contributed by atoms with E-state index in [-0.39, 0.29) is 53.8 Å². The van der Waals surface area contributed by atoms with E-state index >= 15 is 0 Å². The van der Waals surface area contributed by atoms with Gasteiger partial charge in [-0.25, -0.2) is 17.7 Å². The molecule has 0 fully saturated rings. The van der Waals surface area contributed by atoms with E-state index in [1.165, 1.54) is 0 Å². The molecule has 0 bridgehead atoms. The van der Waals surface area contributed by atoms with Crippen molar-refractivity contribution >= 4 is 21.8 Å². The molecule has 4 aromatic carbocycles. The molecule has 0 unspecified atom stereocenters. The molecule has 187 valence electrons. The van der Waals surface area contributed by atoms with Crippen LogP contribution in [0.15, 0.2) is 109 Å². The molecule has 7 heteroatoms. The molecule has 0 spiro atoms. The van der Waals surface area contributed by atoms with Crippen molar-refractivity contribution in [3.63, 3.8) is 0 Å². The van der Waals surface area contributed by atoms with Crippen molar-refractivity contribution in [2.45, 2.75) is 0 Å². The Morgan fingerprint density at radius 1 is 0.718 bits per heavy atom. The third-order valence-electron chi connectivity index (χ3n) is 6.15. The Hall–Kier alpha value is -3.37. The van der Waals surface area contributed by atoms with Crippen LogP contribution in [0, 0.1) is 24.3 Å². The molecule has 0 aliphatic heterocycles. The standard InChI is InChI=1S/C32H18N4O.Pt.Y/c1-2-9-23(10-3-1)29-14-7-16-32(34-29)36-30-15-5-4-13-27(30)28-18-17-26(22-31(28)36)37-25-12-6-11-24(21-25)35-20-8-19-33-35;;/h1-9,11-13,15-20H;;/q-4;+2;. The fourth-order valence-electron chi connectivity index (χ4n) is 4.51. The smallest absolute Gasteiger partial charge is 0.509 e. The zero-order valence-electron chi connectivity index (χ0n) is 20.5. The van der Waals surface area contributed by atoms with Crippen LogP contribution in [0.2, 0.25) is 0 Å². The van der Waals surface area contributed by atoms with Gasteiger partial charge in [0.2, 0.25) is 0 Å². The van der Waals surface area contributed by atoms with Gasteiger partial charge in [0.25, 0.3) is 0 Å². The Kier molecular flexibility index (Phi) is 8.23. The second-order valence-corrected chi connectivity index (χ2v) is 8.46. The topological polar surface area (TPSA) is 44.9 Å². The van der Waals surface area contributed by atoms with Crippen molar-refractivity contribution in [3.8, 4) is 34.3 Å². The Morgan fingerprint density at radius 3 is 2.44 bits per heavy atom. The summed E-state index contributed by atoms with van der Waals surface area (Å²) >= 11 is 0. The van der Waals surface area contributed by atoms with Gasteiger partial charge >= 0.3 is 21.1 Å². The number of nitrogens with zero attached hydrogens (tertiary/aromatic N) is 4. The van der Waals surface area contributed by atoms with Gasteiger partial charge in [-0.2, -0.15) is 41.5 Å². The predicted octanol–water partition coefficient (Wildman–Crippen LogP) is 7.02. The Bertz CT molecular complexity index is 1870.